The van der Waals surface area contributed by atoms with Gasteiger partial charge in [-0.2, -0.15) is 0 Å². The van der Waals surface area contributed by atoms with Gasteiger partial charge in [-0.3, -0.25) is 0 Å². The summed E-state index contributed by atoms with van der Waals surface area (Å²) in [6, 6.07) is 161. The number of furan rings is 1. The van der Waals surface area contributed by atoms with E-state index in [-0.39, 0.29) is 32.5 Å². The highest BCUT2D eigenvalue weighted by Gasteiger charge is 2.50. The number of aromatic nitrogens is 3. The third-order valence-electron chi connectivity index (χ3n) is 34.2. The molecule has 0 saturated heterocycles. The van der Waals surface area contributed by atoms with Crippen LogP contribution in [0.5, 0.6) is 0 Å². The Morgan fingerprint density at radius 2 is 0.568 bits per heavy atom. The first-order chi connectivity index (χ1) is 71.0. The van der Waals surface area contributed by atoms with E-state index < -0.39 is 0 Å². The average Bonchev–Trinajstić information content (AvgIpc) is 0.985. The van der Waals surface area contributed by atoms with Crippen molar-refractivity contribution >= 4 is 163 Å². The van der Waals surface area contributed by atoms with Gasteiger partial charge in [0.2, 0.25) is 0 Å². The molecule has 0 atom stereocenters. The summed E-state index contributed by atoms with van der Waals surface area (Å²) in [5.41, 5.74) is 30.1. The fourth-order valence-electron chi connectivity index (χ4n) is 24.5. The van der Waals surface area contributed by atoms with Crippen LogP contribution in [0.15, 0.2) is 447 Å². The molecule has 6 nitrogen and oxygen atoms in total. The number of anilines is 6. The van der Waals surface area contributed by atoms with E-state index in [2.05, 4.69) is 463 Å². The second kappa shape index (κ2) is 34.0. The minimum atomic E-state index is -0.112. The lowest BCUT2D eigenvalue weighted by atomic mass is 9.55. The van der Waals surface area contributed by atoms with Crippen molar-refractivity contribution in [1.29, 1.82) is 0 Å². The van der Waals surface area contributed by atoms with Crippen LogP contribution >= 0.6 is 11.3 Å². The Morgan fingerprint density at radius 3 is 1.14 bits per heavy atom. The van der Waals surface area contributed by atoms with Gasteiger partial charge in [0, 0.05) is 87.5 Å². The lowest BCUT2D eigenvalue weighted by Crippen LogP contribution is -2.43. The molecule has 702 valence electrons. The molecule has 3 aromatic heterocycles. The maximum atomic E-state index is 6.38. The van der Waals surface area contributed by atoms with Gasteiger partial charge >= 0.3 is 0 Å². The molecule has 146 heavy (non-hydrogen) atoms. The summed E-state index contributed by atoms with van der Waals surface area (Å²) < 4.78 is 9.03. The Balaban J connectivity index is 0.000000111. The summed E-state index contributed by atoms with van der Waals surface area (Å²) >= 11 is 1.87. The second-order valence-corrected chi connectivity index (χ2v) is 44.3. The topological polar surface area (TPSA) is 58.3 Å². The van der Waals surface area contributed by atoms with Crippen LogP contribution in [0.1, 0.15) is 116 Å². The van der Waals surface area contributed by atoms with Gasteiger partial charge < -0.3 is 14.2 Å². The zero-order valence-electron chi connectivity index (χ0n) is 84.2. The number of nitrogens with zero attached hydrogens (tertiary/aromatic N) is 5. The molecule has 0 aliphatic heterocycles. The molecule has 28 rings (SSSR count). The molecule has 3 aliphatic rings. The van der Waals surface area contributed by atoms with Crippen molar-refractivity contribution in [3.05, 3.63) is 476 Å². The predicted octanol–water partition coefficient (Wildman–Crippen LogP) is 38.9. The van der Waals surface area contributed by atoms with E-state index in [1.54, 1.807) is 0 Å². The fourth-order valence-corrected chi connectivity index (χ4v) is 25.6. The Kier molecular flexibility index (Phi) is 20.8. The first kappa shape index (κ1) is 89.4. The largest absolute Gasteiger partial charge is 0.456 e. The highest BCUT2D eigenvalue weighted by molar-refractivity contribution is 7.25. The Bertz CT molecular complexity index is 9570. The van der Waals surface area contributed by atoms with Crippen LogP contribution in [-0.2, 0) is 32.5 Å². The van der Waals surface area contributed by atoms with Crippen LogP contribution in [0.25, 0.3) is 196 Å². The summed E-state index contributed by atoms with van der Waals surface area (Å²) in [6.45, 7) is 29.0. The molecule has 25 aromatic rings. The number of fused-ring (bicyclic) bond motifs is 29. The van der Waals surface area contributed by atoms with Gasteiger partial charge in [0.25, 0.3) is 0 Å². The van der Waals surface area contributed by atoms with E-state index in [9.17, 15) is 0 Å². The van der Waals surface area contributed by atoms with E-state index in [1.165, 1.54) is 174 Å². The van der Waals surface area contributed by atoms with Gasteiger partial charge in [0.1, 0.15) is 11.2 Å². The molecule has 0 saturated carbocycles. The van der Waals surface area contributed by atoms with Crippen LogP contribution in [-0.4, -0.2) is 15.0 Å². The standard InChI is InChI=1S/C48H37NO.C47H37N3.C44H35NS/c1-47(2)43-25-23-31(49(30-14-6-5-7-15-30)32-22-24-38-37-20-12-13-21-45(37)50-46(38)27-32)26-41(43)42-28-39-35-18-10-8-16-33(35)34-17-9-11-19-36(34)40(39)29-44(42)48(47,3)4;1-46(2)39-22-14-13-21-37(39)42-40(47(46,3)4)28-27-34-29-38(35-19-11-12-20-36(35)41(34)42)30-23-25-33(26-24-30)45-49-43(31-15-7-5-8-16-31)48-44(50-45)32-17-9-6-10-18-32;1-43(2)36-20-12-10-19-34(36)42-37(44(43,3)4)24-22-28-26-38(31-16-8-9-18-33(31)41(28)42)45(29-14-6-5-7-15-29)30-23-25-40-35(27-30)32-17-11-13-21-39(32)46-40/h2*5-29H,1-4H3;5-27H,1-4H3. The zero-order valence-corrected chi connectivity index (χ0v) is 85.0. The summed E-state index contributed by atoms with van der Waals surface area (Å²) in [5, 5.41) is 23.0. The average molecular weight is 1900 g/mol. The SMILES string of the molecule is CC1(C)c2ccc(N(c3ccccc3)c3ccc4c(c3)oc3ccccc34)cc2-c2cc3c4ccccc4c4ccccc4c3cc2C1(C)C.CC1(C)c2ccccc2-c2c(ccc3cc(-c4ccc(-c5nc(-c6ccccc6)nc(-c6ccccc6)n5)cc4)c4ccccc4c23)C1(C)C.CC1(C)c2ccccc2-c2c(ccc3cc(N(c4ccccc4)c4ccc5sc6ccccc6c5c4)c4ccccc4c23)C1(C)C. The Labute approximate surface area is 856 Å². The van der Waals surface area contributed by atoms with Crippen molar-refractivity contribution in [3.8, 4) is 78.7 Å². The van der Waals surface area contributed by atoms with Gasteiger partial charge in [-0.05, 0) is 284 Å². The number of para-hydroxylation sites is 3. The number of thiophene rings is 1. The minimum Gasteiger partial charge on any atom is -0.456 e. The van der Waals surface area contributed by atoms with Crippen LogP contribution in [0.4, 0.5) is 34.1 Å². The molecule has 22 aromatic carbocycles. The summed E-state index contributed by atoms with van der Waals surface area (Å²) in [6.07, 6.45) is 0. The Hall–Kier alpha value is -16.7. The molecule has 3 heterocycles. The monoisotopic (exact) mass is 1900 g/mol. The van der Waals surface area contributed by atoms with Gasteiger partial charge in [-0.1, -0.05) is 417 Å². The zero-order chi connectivity index (χ0) is 99.0. The number of rotatable bonds is 10. The lowest BCUT2D eigenvalue weighted by molar-refractivity contribution is 0.299. The number of hydrogen-bond acceptors (Lipinski definition) is 7. The maximum absolute atomic E-state index is 6.38. The molecule has 3 aliphatic carbocycles. The highest BCUT2D eigenvalue weighted by Crippen LogP contribution is 2.62. The van der Waals surface area contributed by atoms with Crippen LogP contribution < -0.4 is 9.80 Å². The van der Waals surface area contributed by atoms with Gasteiger partial charge in [0.05, 0.1) is 5.69 Å². The Morgan fingerprint density at radius 1 is 0.199 bits per heavy atom. The molecular weight excluding hydrogens is 1790 g/mol. The van der Waals surface area contributed by atoms with E-state index in [4.69, 9.17) is 19.4 Å². The van der Waals surface area contributed by atoms with Crippen molar-refractivity contribution in [3.63, 3.8) is 0 Å². The third kappa shape index (κ3) is 14.0. The van der Waals surface area contributed by atoms with E-state index >= 15 is 0 Å². The summed E-state index contributed by atoms with van der Waals surface area (Å²) in [7, 11) is 0. The van der Waals surface area contributed by atoms with Crippen molar-refractivity contribution in [2.45, 2.75) is 116 Å². The quantitative estimate of drug-likeness (QED) is 0.127. The summed E-state index contributed by atoms with van der Waals surface area (Å²) in [5.74, 6) is 1.98. The molecule has 0 N–H and O–H groups in total. The second-order valence-electron chi connectivity index (χ2n) is 43.2. The number of benzene rings is 22. The molecule has 0 radical (unpaired) electrons. The van der Waals surface area contributed by atoms with Crippen LogP contribution in [0.2, 0.25) is 0 Å². The van der Waals surface area contributed by atoms with Gasteiger partial charge in [0.15, 0.2) is 17.5 Å². The molecule has 0 amide bonds. The highest BCUT2D eigenvalue weighted by atomic mass is 32.1. The third-order valence-corrected chi connectivity index (χ3v) is 35.4. The molecule has 0 spiro atoms. The van der Waals surface area contributed by atoms with Crippen molar-refractivity contribution in [1.82, 2.24) is 15.0 Å². The van der Waals surface area contributed by atoms with Crippen molar-refractivity contribution in [2.75, 3.05) is 9.80 Å². The molecule has 0 fully saturated rings. The normalized spacial score (nSPS) is 14.6. The molecule has 7 heteroatoms. The smallest absolute Gasteiger partial charge is 0.164 e. The first-order valence-corrected chi connectivity index (χ1v) is 52.0. The molecule has 0 bridgehead atoms. The lowest BCUT2D eigenvalue weighted by Gasteiger charge is -2.48. The first-order valence-electron chi connectivity index (χ1n) is 51.2. The molecule has 0 unspecified atom stereocenters. The van der Waals surface area contributed by atoms with Crippen LogP contribution in [0, 0.1) is 0 Å². The van der Waals surface area contributed by atoms with Crippen LogP contribution in [0.3, 0.4) is 0 Å². The van der Waals surface area contributed by atoms with E-state index in [0.29, 0.717) is 17.5 Å². The van der Waals surface area contributed by atoms with Gasteiger partial charge in [-0.25, -0.2) is 15.0 Å². The number of hydrogen-bond donors (Lipinski definition) is 0. The van der Waals surface area contributed by atoms with Gasteiger partial charge in [-0.15, -0.1) is 11.3 Å². The summed E-state index contributed by atoms with van der Waals surface area (Å²) in [4.78, 5) is 19.6. The van der Waals surface area contributed by atoms with E-state index in [0.717, 1.165) is 72.6 Å². The van der Waals surface area contributed by atoms with Crippen molar-refractivity contribution in [2.24, 2.45) is 0 Å². The minimum absolute atomic E-state index is 0.00536. The van der Waals surface area contributed by atoms with E-state index in [1.807, 2.05) is 84.1 Å². The predicted molar refractivity (Wildman–Crippen MR) is 621 cm³/mol. The maximum Gasteiger partial charge on any atom is 0.164 e. The van der Waals surface area contributed by atoms with Crippen molar-refractivity contribution < 1.29 is 4.42 Å². The molecular formula is C139H109N5OS. The fraction of sp³-hybridized carbons (Fsp3) is 0.129.